The number of carbonyl (C=O) groups excluding carboxylic acids is 2. The minimum absolute atomic E-state index is 0.0608. The lowest BCUT2D eigenvalue weighted by atomic mass is 10.1. The zero-order valence-electron chi connectivity index (χ0n) is 29.0. The molecule has 1 fully saturated rings. The van der Waals surface area contributed by atoms with Crippen LogP contribution in [0, 0.1) is 0 Å². The van der Waals surface area contributed by atoms with Crippen LogP contribution in [0.1, 0.15) is 72.2 Å². The molecule has 254 valence electrons. The van der Waals surface area contributed by atoms with Gasteiger partial charge in [0.1, 0.15) is 29.3 Å². The van der Waals surface area contributed by atoms with E-state index in [9.17, 15) is 9.59 Å². The Labute approximate surface area is 285 Å². The van der Waals surface area contributed by atoms with Gasteiger partial charge in [-0.05, 0) is 68.6 Å². The Hall–Kier alpha value is -3.53. The molecule has 0 aromatic heterocycles. The molecule has 1 aliphatic rings. The first kappa shape index (κ1) is 36.3. The van der Waals surface area contributed by atoms with Gasteiger partial charge >= 0.3 is 12.1 Å². The Morgan fingerprint density at radius 1 is 0.915 bits per heavy atom. The van der Waals surface area contributed by atoms with E-state index in [1.165, 1.54) is 7.11 Å². The summed E-state index contributed by atoms with van der Waals surface area (Å²) in [5.74, 6) is -0.145. The van der Waals surface area contributed by atoms with Gasteiger partial charge in [0.2, 0.25) is 0 Å². The van der Waals surface area contributed by atoms with Gasteiger partial charge in [-0.15, -0.1) is 0 Å². The number of benzene rings is 3. The number of methoxy groups -OCH3 is 1. The van der Waals surface area contributed by atoms with Crippen LogP contribution in [0.4, 0.5) is 4.79 Å². The molecule has 0 bridgehead atoms. The number of ether oxygens (including phenoxy) is 4. The minimum Gasteiger partial charge on any atom is -0.490 e. The molecule has 0 spiro atoms. The van der Waals surface area contributed by atoms with Crippen LogP contribution in [0.25, 0.3) is 0 Å². The molecule has 0 aliphatic carbocycles. The van der Waals surface area contributed by atoms with E-state index in [0.29, 0.717) is 18.0 Å². The van der Waals surface area contributed by atoms with E-state index in [1.807, 2.05) is 46.8 Å². The molecule has 1 saturated heterocycles. The molecule has 10 heteroatoms. The molecule has 1 amide bonds. The molecule has 0 radical (unpaired) electrons. The highest BCUT2D eigenvalue weighted by Crippen LogP contribution is 2.40. The number of hydrogen-bond donors (Lipinski definition) is 0. The van der Waals surface area contributed by atoms with Crippen molar-refractivity contribution in [1.29, 1.82) is 0 Å². The maximum atomic E-state index is 13.7. The molecule has 3 aromatic carbocycles. The topological polar surface area (TPSA) is 83.5 Å². The summed E-state index contributed by atoms with van der Waals surface area (Å²) in [6.07, 6.45) is -0.501. The molecule has 47 heavy (non-hydrogen) atoms. The van der Waals surface area contributed by atoms with Gasteiger partial charge in [-0.2, -0.15) is 0 Å². The number of esters is 1. The number of likely N-dealkylation sites (tertiary alicyclic amines) is 1. The predicted octanol–water partition coefficient (Wildman–Crippen LogP) is 7.25. The van der Waals surface area contributed by atoms with Gasteiger partial charge < -0.3 is 23.4 Å². The summed E-state index contributed by atoms with van der Waals surface area (Å²) in [6.45, 7) is 16.3. The van der Waals surface area contributed by atoms with E-state index in [4.69, 9.17) is 35.0 Å². The molecule has 8 nitrogen and oxygen atoms in total. The highest BCUT2D eigenvalue weighted by Gasteiger charge is 2.53. The molecule has 1 heterocycles. The molecule has 0 unspecified atom stereocenters. The quantitative estimate of drug-likeness (QED) is 0.165. The van der Waals surface area contributed by atoms with Crippen LogP contribution in [0.5, 0.6) is 11.5 Å². The van der Waals surface area contributed by atoms with Gasteiger partial charge in [-0.1, -0.05) is 93.0 Å². The van der Waals surface area contributed by atoms with Crippen molar-refractivity contribution < 1.29 is 33.0 Å². The summed E-state index contributed by atoms with van der Waals surface area (Å²) in [5, 5.41) is 2.40. The zero-order valence-corrected chi connectivity index (χ0v) is 30.7. The Kier molecular flexibility index (Phi) is 11.4. The van der Waals surface area contributed by atoms with Crippen molar-refractivity contribution in [3.8, 4) is 11.5 Å². The molecule has 0 saturated carbocycles. The van der Waals surface area contributed by atoms with Crippen molar-refractivity contribution in [1.82, 2.24) is 4.90 Å². The summed E-state index contributed by atoms with van der Waals surface area (Å²) in [5.41, 5.74) is -0.569. The number of halogens is 1. The van der Waals surface area contributed by atoms with E-state index in [2.05, 4.69) is 69.3 Å². The fourth-order valence-corrected chi connectivity index (χ4v) is 11.0. The summed E-state index contributed by atoms with van der Waals surface area (Å²) >= 11 is 6.44. The fourth-order valence-electron chi connectivity index (χ4n) is 6.11. The van der Waals surface area contributed by atoms with Crippen molar-refractivity contribution in [3.05, 3.63) is 83.4 Å². The first-order chi connectivity index (χ1) is 22.1. The Bertz CT molecular complexity index is 1480. The van der Waals surface area contributed by atoms with Crippen LogP contribution in [0.15, 0.2) is 72.8 Å². The van der Waals surface area contributed by atoms with Gasteiger partial charge in [-0.3, -0.25) is 4.90 Å². The second kappa shape index (κ2) is 14.7. The van der Waals surface area contributed by atoms with E-state index in [1.54, 1.807) is 17.0 Å². The summed E-state index contributed by atoms with van der Waals surface area (Å²) < 4.78 is 30.5. The maximum Gasteiger partial charge on any atom is 0.410 e. The van der Waals surface area contributed by atoms with Crippen molar-refractivity contribution in [2.45, 2.75) is 90.7 Å². The summed E-state index contributed by atoms with van der Waals surface area (Å²) in [7, 11) is -1.62. The lowest BCUT2D eigenvalue weighted by Gasteiger charge is -2.44. The van der Waals surface area contributed by atoms with Crippen LogP contribution in [-0.4, -0.2) is 69.4 Å². The van der Waals surface area contributed by atoms with Crippen LogP contribution < -0.4 is 19.8 Å². The highest BCUT2D eigenvalue weighted by atomic mass is 35.5. The van der Waals surface area contributed by atoms with Crippen molar-refractivity contribution in [3.63, 3.8) is 0 Å². The van der Waals surface area contributed by atoms with Crippen molar-refractivity contribution in [2.24, 2.45) is 0 Å². The van der Waals surface area contributed by atoms with Crippen molar-refractivity contribution in [2.75, 3.05) is 20.3 Å². The third-order valence-electron chi connectivity index (χ3n) is 7.98. The van der Waals surface area contributed by atoms with Crippen LogP contribution in [0.2, 0.25) is 10.1 Å². The summed E-state index contributed by atoms with van der Waals surface area (Å²) in [4.78, 5) is 28.3. The fraction of sp³-hybridized carbons (Fsp3) is 0.459. The van der Waals surface area contributed by atoms with Crippen LogP contribution in [-0.2, 0) is 13.9 Å². The molecular weight excluding hydrogens is 634 g/mol. The molecular formula is C37H48ClNO7Si. The minimum atomic E-state index is -2.92. The lowest BCUT2D eigenvalue weighted by molar-refractivity contribution is 0.0173. The first-order valence-electron chi connectivity index (χ1n) is 16.1. The SMILES string of the molecule is COC(=O)c1c(OC[C@H]2C[C@@H](O[Si](c3ccccc3)(c3ccccc3)C(C)(C)C)CN2C(=O)OC(C)(C)C)cc(Cl)cc1OC(C)C. The molecule has 1 aliphatic heterocycles. The molecule has 2 atom stereocenters. The average molecular weight is 682 g/mol. The monoisotopic (exact) mass is 681 g/mol. The van der Waals surface area contributed by atoms with Crippen LogP contribution >= 0.6 is 11.6 Å². The molecule has 3 aromatic rings. The average Bonchev–Trinajstić information content (AvgIpc) is 3.40. The highest BCUT2D eigenvalue weighted by molar-refractivity contribution is 6.99. The van der Waals surface area contributed by atoms with Crippen molar-refractivity contribution >= 4 is 42.4 Å². The van der Waals surface area contributed by atoms with E-state index in [-0.39, 0.29) is 40.9 Å². The van der Waals surface area contributed by atoms with E-state index < -0.39 is 32.0 Å². The van der Waals surface area contributed by atoms with Gasteiger partial charge in [-0.25, -0.2) is 9.59 Å². The van der Waals surface area contributed by atoms with Gasteiger partial charge in [0.15, 0.2) is 0 Å². The lowest BCUT2D eigenvalue weighted by Crippen LogP contribution is -2.67. The number of amides is 1. The second-order valence-electron chi connectivity index (χ2n) is 14.2. The van der Waals surface area contributed by atoms with E-state index >= 15 is 0 Å². The van der Waals surface area contributed by atoms with Crippen LogP contribution in [0.3, 0.4) is 0 Å². The smallest absolute Gasteiger partial charge is 0.410 e. The number of hydrogen-bond acceptors (Lipinski definition) is 7. The van der Waals surface area contributed by atoms with Gasteiger partial charge in [0.25, 0.3) is 8.32 Å². The molecule has 4 rings (SSSR count). The Balaban J connectivity index is 1.73. The number of carbonyl (C=O) groups is 2. The number of nitrogens with zero attached hydrogens (tertiary/aromatic N) is 1. The maximum absolute atomic E-state index is 13.7. The zero-order chi connectivity index (χ0) is 34.6. The second-order valence-corrected chi connectivity index (χ2v) is 18.9. The standard InChI is InChI=1S/C37H48ClNO7Si/c1-25(2)44-32-21-26(38)20-31(33(32)34(40)42-9)43-24-27-22-28(23-39(27)35(41)45-36(3,4)5)46-47(37(6,7)8,29-16-12-10-13-17-29)30-18-14-11-15-19-30/h10-21,25,27-28H,22-24H2,1-9H3/t27-,28-/m1/s1. The number of rotatable bonds is 10. The first-order valence-corrected chi connectivity index (χ1v) is 18.3. The Morgan fingerprint density at radius 2 is 1.47 bits per heavy atom. The van der Waals surface area contributed by atoms with E-state index in [0.717, 1.165) is 10.4 Å². The normalized spacial score (nSPS) is 17.0. The summed E-state index contributed by atoms with van der Waals surface area (Å²) in [6, 6.07) is 23.5. The largest absolute Gasteiger partial charge is 0.490 e. The Morgan fingerprint density at radius 3 is 1.96 bits per heavy atom. The van der Waals surface area contributed by atoms with Gasteiger partial charge in [0.05, 0.1) is 25.4 Å². The predicted molar refractivity (Wildman–Crippen MR) is 188 cm³/mol. The molecule has 0 N–H and O–H groups in total. The van der Waals surface area contributed by atoms with Gasteiger partial charge in [0, 0.05) is 11.6 Å². The third kappa shape index (κ3) is 8.50. The third-order valence-corrected chi connectivity index (χ3v) is 13.3.